The number of para-hydroxylation sites is 1. The molecule has 0 aliphatic carbocycles. The van der Waals surface area contributed by atoms with Crippen molar-refractivity contribution in [2.75, 3.05) is 38.9 Å². The number of rotatable bonds is 7. The monoisotopic (exact) mass is 482 g/mol. The molecule has 0 spiro atoms. The lowest BCUT2D eigenvalue weighted by Crippen LogP contribution is -2.41. The topological polar surface area (TPSA) is 119 Å². The molecule has 11 heteroatoms. The van der Waals surface area contributed by atoms with E-state index in [0.717, 1.165) is 6.26 Å². The van der Waals surface area contributed by atoms with Gasteiger partial charge in [-0.1, -0.05) is 12.1 Å². The van der Waals surface area contributed by atoms with E-state index in [-0.39, 0.29) is 34.5 Å². The number of nitrogens with zero attached hydrogens (tertiary/aromatic N) is 1. The number of sulfone groups is 1. The number of methoxy groups -OCH3 is 2. The summed E-state index contributed by atoms with van der Waals surface area (Å²) in [7, 11) is -4.37. The molecular formula is C21H26N2O7S2. The number of nitrogens with one attached hydrogen (secondary N) is 1. The number of hydrogen-bond acceptors (Lipinski definition) is 7. The van der Waals surface area contributed by atoms with Gasteiger partial charge in [0.2, 0.25) is 15.9 Å². The van der Waals surface area contributed by atoms with Crippen LogP contribution < -0.4 is 14.8 Å². The Bertz CT molecular complexity index is 1200. The Hall–Kier alpha value is -2.63. The third-order valence-corrected chi connectivity index (χ3v) is 8.41. The average molecular weight is 483 g/mol. The second-order valence-electron chi connectivity index (χ2n) is 7.45. The molecule has 0 unspecified atom stereocenters. The molecule has 3 rings (SSSR count). The number of sulfonamides is 1. The van der Waals surface area contributed by atoms with Gasteiger partial charge in [0.1, 0.15) is 0 Å². The number of amides is 1. The summed E-state index contributed by atoms with van der Waals surface area (Å²) in [6, 6.07) is 10.6. The summed E-state index contributed by atoms with van der Waals surface area (Å²) in [6.45, 7) is 0.338. The van der Waals surface area contributed by atoms with Gasteiger partial charge in [-0.15, -0.1) is 0 Å². The molecule has 1 aliphatic rings. The second kappa shape index (κ2) is 9.47. The third kappa shape index (κ3) is 5.05. The van der Waals surface area contributed by atoms with Crippen molar-refractivity contribution in [2.45, 2.75) is 22.6 Å². The van der Waals surface area contributed by atoms with Crippen LogP contribution in [0, 0.1) is 5.92 Å². The Labute approximate surface area is 188 Å². The minimum Gasteiger partial charge on any atom is -0.493 e. The predicted octanol–water partition coefficient (Wildman–Crippen LogP) is 2.15. The highest BCUT2D eigenvalue weighted by Crippen LogP contribution is 2.32. The molecule has 2 aromatic carbocycles. The highest BCUT2D eigenvalue weighted by atomic mass is 32.2. The highest BCUT2D eigenvalue weighted by molar-refractivity contribution is 7.91. The lowest BCUT2D eigenvalue weighted by molar-refractivity contribution is -0.120. The highest BCUT2D eigenvalue weighted by Gasteiger charge is 2.33. The first-order valence-electron chi connectivity index (χ1n) is 9.90. The molecular weight excluding hydrogens is 456 g/mol. The van der Waals surface area contributed by atoms with Crippen LogP contribution in [0.4, 0.5) is 5.69 Å². The molecule has 0 radical (unpaired) electrons. The van der Waals surface area contributed by atoms with Gasteiger partial charge in [-0.3, -0.25) is 4.79 Å². The van der Waals surface area contributed by atoms with Crippen molar-refractivity contribution < 1.29 is 31.1 Å². The van der Waals surface area contributed by atoms with Crippen LogP contribution in [0.3, 0.4) is 0 Å². The molecule has 1 fully saturated rings. The van der Waals surface area contributed by atoms with Gasteiger partial charge in [0.05, 0.1) is 29.7 Å². The smallest absolute Gasteiger partial charge is 0.243 e. The van der Waals surface area contributed by atoms with Crippen LogP contribution in [-0.2, 0) is 24.7 Å². The lowest BCUT2D eigenvalue weighted by Gasteiger charge is -2.30. The number of piperidine rings is 1. The first kappa shape index (κ1) is 24.0. The van der Waals surface area contributed by atoms with Crippen molar-refractivity contribution in [2.24, 2.45) is 5.92 Å². The van der Waals surface area contributed by atoms with Gasteiger partial charge < -0.3 is 14.8 Å². The van der Waals surface area contributed by atoms with Crippen molar-refractivity contribution in [3.63, 3.8) is 0 Å². The van der Waals surface area contributed by atoms with Gasteiger partial charge in [0, 0.05) is 31.3 Å². The van der Waals surface area contributed by atoms with Crippen LogP contribution in [0.2, 0.25) is 0 Å². The van der Waals surface area contributed by atoms with E-state index in [9.17, 15) is 21.6 Å². The molecule has 1 N–H and O–H groups in total. The molecule has 174 valence electrons. The van der Waals surface area contributed by atoms with Crippen molar-refractivity contribution in [3.8, 4) is 11.5 Å². The van der Waals surface area contributed by atoms with E-state index in [1.807, 2.05) is 0 Å². The largest absolute Gasteiger partial charge is 0.493 e. The Morgan fingerprint density at radius 3 is 2.19 bits per heavy atom. The van der Waals surface area contributed by atoms with Gasteiger partial charge in [0.25, 0.3) is 0 Å². The third-order valence-electron chi connectivity index (χ3n) is 5.36. The molecule has 0 atom stereocenters. The van der Waals surface area contributed by atoms with Crippen LogP contribution >= 0.6 is 0 Å². The number of carbonyl (C=O) groups is 1. The molecule has 0 saturated carbocycles. The van der Waals surface area contributed by atoms with Crippen molar-refractivity contribution in [3.05, 3.63) is 42.5 Å². The van der Waals surface area contributed by atoms with Gasteiger partial charge >= 0.3 is 0 Å². The maximum absolute atomic E-state index is 13.0. The van der Waals surface area contributed by atoms with Crippen LogP contribution in [0.25, 0.3) is 0 Å². The molecule has 1 heterocycles. The van der Waals surface area contributed by atoms with Gasteiger partial charge in [0.15, 0.2) is 21.3 Å². The van der Waals surface area contributed by atoms with Crippen LogP contribution in [0.5, 0.6) is 11.5 Å². The number of benzene rings is 2. The minimum absolute atomic E-state index is 0.0433. The van der Waals surface area contributed by atoms with E-state index in [2.05, 4.69) is 5.32 Å². The standard InChI is InChI=1S/C21H26N2O7S2/c1-29-18-9-8-16(14-19(18)30-2)32(27,28)23-12-10-15(11-13-23)21(24)22-17-6-4-5-7-20(17)31(3,25)26/h4-9,14-15H,10-13H2,1-3H3,(H,22,24). The van der Waals surface area contributed by atoms with Crippen LogP contribution in [0.15, 0.2) is 52.3 Å². The quantitative estimate of drug-likeness (QED) is 0.642. The molecule has 0 bridgehead atoms. The van der Waals surface area contributed by atoms with Crippen molar-refractivity contribution >= 4 is 31.5 Å². The number of carbonyl (C=O) groups excluding carboxylic acids is 1. The van der Waals surface area contributed by atoms with E-state index < -0.39 is 25.8 Å². The van der Waals surface area contributed by atoms with Gasteiger partial charge in [-0.05, 0) is 37.1 Å². The van der Waals surface area contributed by atoms with E-state index in [1.165, 1.54) is 48.9 Å². The second-order valence-corrected chi connectivity index (χ2v) is 11.4. The molecule has 0 aromatic heterocycles. The minimum atomic E-state index is -3.77. The van der Waals surface area contributed by atoms with Crippen LogP contribution in [0.1, 0.15) is 12.8 Å². The SMILES string of the molecule is COc1ccc(S(=O)(=O)N2CCC(C(=O)Nc3ccccc3S(C)(=O)=O)CC2)cc1OC. The van der Waals surface area contributed by atoms with E-state index >= 15 is 0 Å². The van der Waals surface area contributed by atoms with E-state index in [0.29, 0.717) is 24.3 Å². The first-order chi connectivity index (χ1) is 15.1. The van der Waals surface area contributed by atoms with Crippen molar-refractivity contribution in [1.29, 1.82) is 0 Å². The summed E-state index contributed by atoms with van der Waals surface area (Å²) in [6.07, 6.45) is 1.72. The molecule has 1 aliphatic heterocycles. The first-order valence-corrected chi connectivity index (χ1v) is 13.2. The normalized spacial score (nSPS) is 15.8. The fourth-order valence-electron chi connectivity index (χ4n) is 3.61. The Kier molecular flexibility index (Phi) is 7.11. The number of hydrogen-bond donors (Lipinski definition) is 1. The zero-order valence-corrected chi connectivity index (χ0v) is 19.7. The fourth-order valence-corrected chi connectivity index (χ4v) is 5.94. The Balaban J connectivity index is 1.69. The Morgan fingerprint density at radius 1 is 0.969 bits per heavy atom. The summed E-state index contributed by atoms with van der Waals surface area (Å²) in [5.74, 6) is -0.0210. The lowest BCUT2D eigenvalue weighted by atomic mass is 9.97. The van der Waals surface area contributed by atoms with Crippen LogP contribution in [-0.4, -0.2) is 60.6 Å². The predicted molar refractivity (Wildman–Crippen MR) is 119 cm³/mol. The number of anilines is 1. The summed E-state index contributed by atoms with van der Waals surface area (Å²) >= 11 is 0. The zero-order chi connectivity index (χ0) is 23.5. The summed E-state index contributed by atoms with van der Waals surface area (Å²) in [4.78, 5) is 12.8. The van der Waals surface area contributed by atoms with Gasteiger partial charge in [-0.2, -0.15) is 4.31 Å². The van der Waals surface area contributed by atoms with Crippen molar-refractivity contribution in [1.82, 2.24) is 4.31 Å². The molecule has 1 saturated heterocycles. The van der Waals surface area contributed by atoms with Gasteiger partial charge in [-0.25, -0.2) is 16.8 Å². The zero-order valence-electron chi connectivity index (χ0n) is 18.1. The summed E-state index contributed by atoms with van der Waals surface area (Å²) < 4.78 is 61.7. The summed E-state index contributed by atoms with van der Waals surface area (Å²) in [5.41, 5.74) is 0.223. The fraction of sp³-hybridized carbons (Fsp3) is 0.381. The molecule has 9 nitrogen and oxygen atoms in total. The number of ether oxygens (including phenoxy) is 2. The summed E-state index contributed by atoms with van der Waals surface area (Å²) in [5, 5.41) is 2.68. The maximum atomic E-state index is 13.0. The maximum Gasteiger partial charge on any atom is 0.243 e. The molecule has 2 aromatic rings. The van der Waals surface area contributed by atoms with E-state index in [4.69, 9.17) is 9.47 Å². The molecule has 1 amide bonds. The van der Waals surface area contributed by atoms with E-state index in [1.54, 1.807) is 12.1 Å². The Morgan fingerprint density at radius 2 is 1.59 bits per heavy atom. The molecule has 32 heavy (non-hydrogen) atoms. The average Bonchev–Trinajstić information content (AvgIpc) is 2.78.